The van der Waals surface area contributed by atoms with Gasteiger partial charge in [-0.1, -0.05) is 26.3 Å². The molecule has 0 aromatic heterocycles. The molecule has 0 bridgehead atoms. The molecule has 1 N–H and O–H groups in total. The molecule has 0 aromatic rings. The standard InChI is InChI=1S/C22H32O3/c1-13(12-23)16-4-5-17-20-18(7-9-22(16,17)3)21(2)8-6-15(24)10-14(21)11-19(20)25/h10,12-13,16-20,25H,4-9,11H2,1-3H3/t13-,16-,17+,18+,19-,20+,21+,22-/m1/s1. The van der Waals surface area contributed by atoms with Crippen LogP contribution in [0.1, 0.15) is 65.7 Å². The molecule has 0 heterocycles. The van der Waals surface area contributed by atoms with Crippen molar-refractivity contribution in [2.75, 3.05) is 0 Å². The lowest BCUT2D eigenvalue weighted by molar-refractivity contribution is -0.126. The Hall–Kier alpha value is -0.960. The Kier molecular flexibility index (Phi) is 4.03. The summed E-state index contributed by atoms with van der Waals surface area (Å²) < 4.78 is 0. The van der Waals surface area contributed by atoms with Gasteiger partial charge in [0.15, 0.2) is 5.78 Å². The molecule has 0 aliphatic heterocycles. The Morgan fingerprint density at radius 1 is 1.20 bits per heavy atom. The maximum absolute atomic E-state index is 11.9. The van der Waals surface area contributed by atoms with Gasteiger partial charge in [-0.05, 0) is 79.1 Å². The Bertz CT molecular complexity index is 623. The molecule has 3 fully saturated rings. The largest absolute Gasteiger partial charge is 0.392 e. The second-order valence-corrected chi connectivity index (χ2v) is 9.84. The minimum absolute atomic E-state index is 0.0908. The molecule has 3 nitrogen and oxygen atoms in total. The van der Waals surface area contributed by atoms with Gasteiger partial charge in [-0.25, -0.2) is 0 Å². The fraction of sp³-hybridized carbons (Fsp3) is 0.818. The van der Waals surface area contributed by atoms with Crippen LogP contribution in [-0.4, -0.2) is 23.3 Å². The highest BCUT2D eigenvalue weighted by Gasteiger charge is 2.61. The number of aliphatic hydroxyl groups is 1. The van der Waals surface area contributed by atoms with Gasteiger partial charge in [0.2, 0.25) is 0 Å². The zero-order valence-electron chi connectivity index (χ0n) is 15.8. The summed E-state index contributed by atoms with van der Waals surface area (Å²) >= 11 is 0. The number of carbonyl (C=O) groups is 2. The average Bonchev–Trinajstić information content (AvgIpc) is 2.93. The zero-order valence-corrected chi connectivity index (χ0v) is 15.8. The lowest BCUT2D eigenvalue weighted by atomic mass is 9.46. The van der Waals surface area contributed by atoms with Gasteiger partial charge in [-0.15, -0.1) is 0 Å². The fourth-order valence-corrected chi connectivity index (χ4v) is 7.53. The van der Waals surface area contributed by atoms with Gasteiger partial charge in [-0.2, -0.15) is 0 Å². The topological polar surface area (TPSA) is 54.4 Å². The SMILES string of the molecule is C[C@H](C=O)[C@H]1CC[C@H]2[C@@H]3[C@H](O)CC4=CC(=O)CC[C@]4(C)[C@H]3CC[C@]12C. The number of ketones is 1. The highest BCUT2D eigenvalue weighted by molar-refractivity contribution is 5.91. The van der Waals surface area contributed by atoms with Crippen LogP contribution in [0.3, 0.4) is 0 Å². The minimum atomic E-state index is -0.329. The first-order chi connectivity index (χ1) is 11.8. The molecule has 3 saturated carbocycles. The predicted molar refractivity (Wildman–Crippen MR) is 96.8 cm³/mol. The minimum Gasteiger partial charge on any atom is -0.392 e. The van der Waals surface area contributed by atoms with Crippen LogP contribution in [0, 0.1) is 40.4 Å². The molecule has 4 rings (SSSR count). The van der Waals surface area contributed by atoms with Crippen LogP contribution in [0.5, 0.6) is 0 Å². The normalized spacial score (nSPS) is 50.3. The molecule has 25 heavy (non-hydrogen) atoms. The summed E-state index contributed by atoms with van der Waals surface area (Å²) in [4.78, 5) is 23.4. The van der Waals surface area contributed by atoms with Crippen LogP contribution < -0.4 is 0 Å². The quantitative estimate of drug-likeness (QED) is 0.772. The number of fused-ring (bicyclic) bond motifs is 5. The van der Waals surface area contributed by atoms with E-state index < -0.39 is 0 Å². The highest BCUT2D eigenvalue weighted by Crippen LogP contribution is 2.67. The maximum Gasteiger partial charge on any atom is 0.155 e. The fourth-order valence-electron chi connectivity index (χ4n) is 7.53. The first kappa shape index (κ1) is 17.5. The Morgan fingerprint density at radius 2 is 1.96 bits per heavy atom. The van der Waals surface area contributed by atoms with Gasteiger partial charge < -0.3 is 9.90 Å². The number of aliphatic hydroxyl groups excluding tert-OH is 1. The molecule has 8 atom stereocenters. The summed E-state index contributed by atoms with van der Waals surface area (Å²) in [6, 6.07) is 0. The van der Waals surface area contributed by atoms with Crippen molar-refractivity contribution >= 4 is 12.1 Å². The van der Waals surface area contributed by atoms with Crippen LogP contribution >= 0.6 is 0 Å². The molecule has 0 aromatic carbocycles. The van der Waals surface area contributed by atoms with Gasteiger partial charge in [0, 0.05) is 12.3 Å². The van der Waals surface area contributed by atoms with E-state index in [-0.39, 0.29) is 28.6 Å². The molecule has 0 radical (unpaired) electrons. The Balaban J connectivity index is 1.69. The lowest BCUT2D eigenvalue weighted by Crippen LogP contribution is -2.55. The third-order valence-electron chi connectivity index (χ3n) is 8.91. The number of aldehydes is 1. The van der Waals surface area contributed by atoms with E-state index in [0.29, 0.717) is 36.5 Å². The summed E-state index contributed by atoms with van der Waals surface area (Å²) in [6.07, 6.45) is 9.48. The highest BCUT2D eigenvalue weighted by atomic mass is 16.3. The number of rotatable bonds is 2. The molecular formula is C22H32O3. The van der Waals surface area contributed by atoms with E-state index in [1.165, 1.54) is 5.57 Å². The second-order valence-electron chi connectivity index (χ2n) is 9.84. The van der Waals surface area contributed by atoms with Crippen molar-refractivity contribution in [1.82, 2.24) is 0 Å². The van der Waals surface area contributed by atoms with Crippen molar-refractivity contribution in [2.45, 2.75) is 71.8 Å². The Labute approximate surface area is 151 Å². The first-order valence-corrected chi connectivity index (χ1v) is 10.2. The van der Waals surface area contributed by atoms with Crippen molar-refractivity contribution in [3.05, 3.63) is 11.6 Å². The monoisotopic (exact) mass is 344 g/mol. The maximum atomic E-state index is 11.9. The summed E-state index contributed by atoms with van der Waals surface area (Å²) in [5.41, 5.74) is 1.48. The van der Waals surface area contributed by atoms with Gasteiger partial charge >= 0.3 is 0 Å². The van der Waals surface area contributed by atoms with E-state index >= 15 is 0 Å². The number of carbonyl (C=O) groups excluding carboxylic acids is 2. The Morgan fingerprint density at radius 3 is 2.68 bits per heavy atom. The van der Waals surface area contributed by atoms with Crippen molar-refractivity contribution in [3.63, 3.8) is 0 Å². The number of hydrogen-bond acceptors (Lipinski definition) is 3. The van der Waals surface area contributed by atoms with E-state index in [2.05, 4.69) is 20.8 Å². The third kappa shape index (κ3) is 2.34. The van der Waals surface area contributed by atoms with Gasteiger partial charge in [0.1, 0.15) is 6.29 Å². The first-order valence-electron chi connectivity index (χ1n) is 10.2. The summed E-state index contributed by atoms with van der Waals surface area (Å²) in [5.74, 6) is 2.15. The van der Waals surface area contributed by atoms with E-state index in [0.717, 1.165) is 38.4 Å². The smallest absolute Gasteiger partial charge is 0.155 e. The third-order valence-corrected chi connectivity index (χ3v) is 8.91. The molecule has 4 aliphatic rings. The van der Waals surface area contributed by atoms with Gasteiger partial charge in [0.05, 0.1) is 6.10 Å². The molecule has 0 unspecified atom stereocenters. The van der Waals surface area contributed by atoms with E-state index in [9.17, 15) is 14.7 Å². The van der Waals surface area contributed by atoms with Crippen molar-refractivity contribution in [2.24, 2.45) is 40.4 Å². The van der Waals surface area contributed by atoms with E-state index in [4.69, 9.17) is 0 Å². The lowest BCUT2D eigenvalue weighted by Gasteiger charge is -2.59. The number of hydrogen-bond donors (Lipinski definition) is 1. The summed E-state index contributed by atoms with van der Waals surface area (Å²) in [6.45, 7) is 6.80. The van der Waals surface area contributed by atoms with E-state index in [1.54, 1.807) is 0 Å². The summed E-state index contributed by atoms with van der Waals surface area (Å²) in [5, 5.41) is 11.1. The summed E-state index contributed by atoms with van der Waals surface area (Å²) in [7, 11) is 0. The molecular weight excluding hydrogens is 312 g/mol. The van der Waals surface area contributed by atoms with Crippen LogP contribution in [-0.2, 0) is 9.59 Å². The van der Waals surface area contributed by atoms with E-state index in [1.807, 2.05) is 6.08 Å². The van der Waals surface area contributed by atoms with Crippen molar-refractivity contribution < 1.29 is 14.7 Å². The van der Waals surface area contributed by atoms with Crippen LogP contribution in [0.25, 0.3) is 0 Å². The average molecular weight is 344 g/mol. The van der Waals surface area contributed by atoms with Crippen LogP contribution in [0.15, 0.2) is 11.6 Å². The molecule has 138 valence electrons. The predicted octanol–water partition coefficient (Wildman–Crippen LogP) is 3.94. The van der Waals surface area contributed by atoms with Crippen molar-refractivity contribution in [1.29, 1.82) is 0 Å². The molecule has 0 saturated heterocycles. The molecule has 0 spiro atoms. The zero-order chi connectivity index (χ0) is 18.0. The van der Waals surface area contributed by atoms with Gasteiger partial charge in [-0.3, -0.25) is 4.79 Å². The van der Waals surface area contributed by atoms with Crippen LogP contribution in [0.2, 0.25) is 0 Å². The molecule has 0 amide bonds. The molecule has 3 heteroatoms. The molecule has 4 aliphatic carbocycles. The van der Waals surface area contributed by atoms with Crippen molar-refractivity contribution in [3.8, 4) is 0 Å². The van der Waals surface area contributed by atoms with Crippen LogP contribution in [0.4, 0.5) is 0 Å². The second kappa shape index (κ2) is 5.77. The van der Waals surface area contributed by atoms with Gasteiger partial charge in [0.25, 0.3) is 0 Å².